The van der Waals surface area contributed by atoms with Crippen LogP contribution >= 0.6 is 11.8 Å². The van der Waals surface area contributed by atoms with E-state index in [-0.39, 0.29) is 11.9 Å². The topological polar surface area (TPSA) is 41.1 Å². The number of amides is 1. The molecule has 98 valence electrons. The average Bonchev–Trinajstić information content (AvgIpc) is 2.82. The van der Waals surface area contributed by atoms with E-state index < -0.39 is 0 Å². The molecule has 0 aromatic rings. The first-order valence-corrected chi connectivity index (χ1v) is 8.00. The summed E-state index contributed by atoms with van der Waals surface area (Å²) in [4.78, 5) is 11.8. The standard InChI is InChI=1S/C13H24N2OS/c1-10-3-2-4-11(7-10)5-6-14-13(16)12-8-17-9-15-12/h10-12,15H,2-9H2,1H3,(H,14,16). The molecule has 0 spiro atoms. The quantitative estimate of drug-likeness (QED) is 0.808. The Balaban J connectivity index is 1.60. The highest BCUT2D eigenvalue weighted by Crippen LogP contribution is 2.30. The van der Waals surface area contributed by atoms with Crippen molar-refractivity contribution in [2.75, 3.05) is 18.2 Å². The summed E-state index contributed by atoms with van der Waals surface area (Å²) in [5, 5.41) is 6.27. The highest BCUT2D eigenvalue weighted by atomic mass is 32.2. The van der Waals surface area contributed by atoms with E-state index in [1.165, 1.54) is 25.7 Å². The van der Waals surface area contributed by atoms with Crippen LogP contribution in [0.15, 0.2) is 0 Å². The Bertz CT molecular complexity index is 254. The highest BCUT2D eigenvalue weighted by Gasteiger charge is 2.23. The van der Waals surface area contributed by atoms with Crippen LogP contribution < -0.4 is 10.6 Å². The Kier molecular flexibility index (Phi) is 5.16. The van der Waals surface area contributed by atoms with Gasteiger partial charge >= 0.3 is 0 Å². The molecule has 0 aromatic heterocycles. The summed E-state index contributed by atoms with van der Waals surface area (Å²) in [5.41, 5.74) is 0. The maximum atomic E-state index is 11.8. The third kappa shape index (κ3) is 4.18. The Labute approximate surface area is 108 Å². The minimum atomic E-state index is 0.0466. The van der Waals surface area contributed by atoms with Crippen LogP contribution in [0.1, 0.15) is 39.0 Å². The van der Waals surface area contributed by atoms with Crippen LogP contribution in [0.5, 0.6) is 0 Å². The number of thioether (sulfide) groups is 1. The molecule has 3 atom stereocenters. The lowest BCUT2D eigenvalue weighted by Gasteiger charge is -2.26. The van der Waals surface area contributed by atoms with Gasteiger partial charge in [-0.25, -0.2) is 0 Å². The van der Waals surface area contributed by atoms with Gasteiger partial charge in [0.2, 0.25) is 5.91 Å². The summed E-state index contributed by atoms with van der Waals surface area (Å²) in [7, 11) is 0. The molecule has 1 amide bonds. The number of carbonyl (C=O) groups is 1. The van der Waals surface area contributed by atoms with Gasteiger partial charge in [0.15, 0.2) is 0 Å². The van der Waals surface area contributed by atoms with Crippen LogP contribution in [-0.4, -0.2) is 30.1 Å². The zero-order valence-electron chi connectivity index (χ0n) is 10.7. The number of hydrogen-bond donors (Lipinski definition) is 2. The van der Waals surface area contributed by atoms with E-state index in [1.54, 1.807) is 11.8 Å². The molecule has 17 heavy (non-hydrogen) atoms. The van der Waals surface area contributed by atoms with Crippen LogP contribution in [0.2, 0.25) is 0 Å². The van der Waals surface area contributed by atoms with Crippen molar-refractivity contribution in [3.8, 4) is 0 Å². The lowest BCUT2D eigenvalue weighted by Crippen LogP contribution is -2.42. The minimum absolute atomic E-state index is 0.0466. The van der Waals surface area contributed by atoms with Crippen molar-refractivity contribution in [1.82, 2.24) is 10.6 Å². The molecule has 0 aromatic carbocycles. The van der Waals surface area contributed by atoms with Gasteiger partial charge in [-0.2, -0.15) is 0 Å². The molecule has 0 radical (unpaired) electrons. The molecule has 2 aliphatic rings. The van der Waals surface area contributed by atoms with E-state index in [9.17, 15) is 4.79 Å². The van der Waals surface area contributed by atoms with Gasteiger partial charge in [0.25, 0.3) is 0 Å². The Morgan fingerprint density at radius 2 is 2.35 bits per heavy atom. The summed E-state index contributed by atoms with van der Waals surface area (Å²) >= 11 is 1.80. The molecule has 1 saturated heterocycles. The number of nitrogens with one attached hydrogen (secondary N) is 2. The lowest BCUT2D eigenvalue weighted by molar-refractivity contribution is -0.122. The summed E-state index contributed by atoms with van der Waals surface area (Å²) in [6.07, 6.45) is 6.65. The van der Waals surface area contributed by atoms with Gasteiger partial charge in [-0.1, -0.05) is 26.2 Å². The van der Waals surface area contributed by atoms with Crippen LogP contribution in [-0.2, 0) is 4.79 Å². The van der Waals surface area contributed by atoms with E-state index >= 15 is 0 Å². The molecule has 1 aliphatic carbocycles. The van der Waals surface area contributed by atoms with E-state index in [4.69, 9.17) is 0 Å². The van der Waals surface area contributed by atoms with Crippen LogP contribution in [0.3, 0.4) is 0 Å². The first-order chi connectivity index (χ1) is 8.25. The predicted molar refractivity (Wildman–Crippen MR) is 73.0 cm³/mol. The van der Waals surface area contributed by atoms with Crippen molar-refractivity contribution in [2.45, 2.75) is 45.1 Å². The first-order valence-electron chi connectivity index (χ1n) is 6.84. The maximum Gasteiger partial charge on any atom is 0.238 e. The zero-order valence-corrected chi connectivity index (χ0v) is 11.5. The second-order valence-corrected chi connectivity index (χ2v) is 6.52. The molecule has 1 aliphatic heterocycles. The van der Waals surface area contributed by atoms with E-state index in [1.807, 2.05) is 0 Å². The van der Waals surface area contributed by atoms with Gasteiger partial charge in [0, 0.05) is 18.2 Å². The highest BCUT2D eigenvalue weighted by molar-refractivity contribution is 7.99. The molecule has 0 bridgehead atoms. The predicted octanol–water partition coefficient (Wildman–Crippen LogP) is 1.98. The number of hydrogen-bond acceptors (Lipinski definition) is 3. The molecule has 3 nitrogen and oxygen atoms in total. The summed E-state index contributed by atoms with van der Waals surface area (Å²) in [5.74, 6) is 3.76. The second kappa shape index (κ2) is 6.64. The summed E-state index contributed by atoms with van der Waals surface area (Å²) in [6.45, 7) is 3.21. The van der Waals surface area contributed by atoms with Gasteiger partial charge in [-0.15, -0.1) is 11.8 Å². The fraction of sp³-hybridized carbons (Fsp3) is 0.923. The number of rotatable bonds is 4. The molecular formula is C13H24N2OS. The molecule has 3 unspecified atom stereocenters. The third-order valence-electron chi connectivity index (χ3n) is 3.93. The SMILES string of the molecule is CC1CCCC(CCNC(=O)C2CSCN2)C1. The Morgan fingerprint density at radius 1 is 1.47 bits per heavy atom. The zero-order chi connectivity index (χ0) is 12.1. The van der Waals surface area contributed by atoms with Crippen molar-refractivity contribution >= 4 is 17.7 Å². The van der Waals surface area contributed by atoms with Gasteiger partial charge in [0.1, 0.15) is 0 Å². The summed E-state index contributed by atoms with van der Waals surface area (Å²) in [6, 6.07) is 0.0466. The monoisotopic (exact) mass is 256 g/mol. The lowest BCUT2D eigenvalue weighted by atomic mass is 9.81. The first kappa shape index (κ1) is 13.2. The Morgan fingerprint density at radius 3 is 3.06 bits per heavy atom. The van der Waals surface area contributed by atoms with Crippen molar-refractivity contribution in [3.05, 3.63) is 0 Å². The van der Waals surface area contributed by atoms with Crippen LogP contribution in [0.4, 0.5) is 0 Å². The molecular weight excluding hydrogens is 232 g/mol. The van der Waals surface area contributed by atoms with E-state index in [0.717, 1.165) is 36.4 Å². The number of carbonyl (C=O) groups excluding carboxylic acids is 1. The molecule has 2 N–H and O–H groups in total. The maximum absolute atomic E-state index is 11.8. The van der Waals surface area contributed by atoms with Gasteiger partial charge in [-0.05, 0) is 24.7 Å². The van der Waals surface area contributed by atoms with E-state index in [2.05, 4.69) is 17.6 Å². The van der Waals surface area contributed by atoms with Crippen molar-refractivity contribution < 1.29 is 4.79 Å². The van der Waals surface area contributed by atoms with Crippen LogP contribution in [0.25, 0.3) is 0 Å². The molecule has 2 rings (SSSR count). The molecule has 4 heteroatoms. The van der Waals surface area contributed by atoms with E-state index in [0.29, 0.717) is 0 Å². The third-order valence-corrected chi connectivity index (χ3v) is 4.87. The molecule has 1 heterocycles. The Hall–Kier alpha value is -0.220. The van der Waals surface area contributed by atoms with Gasteiger partial charge < -0.3 is 5.32 Å². The molecule has 1 saturated carbocycles. The van der Waals surface area contributed by atoms with Crippen molar-refractivity contribution in [3.63, 3.8) is 0 Å². The smallest absolute Gasteiger partial charge is 0.238 e. The van der Waals surface area contributed by atoms with Crippen molar-refractivity contribution in [2.24, 2.45) is 11.8 Å². The normalized spacial score (nSPS) is 33.6. The largest absolute Gasteiger partial charge is 0.355 e. The second-order valence-electron chi connectivity index (χ2n) is 5.49. The fourth-order valence-electron chi connectivity index (χ4n) is 2.91. The van der Waals surface area contributed by atoms with Gasteiger partial charge in [-0.3, -0.25) is 10.1 Å². The van der Waals surface area contributed by atoms with Gasteiger partial charge in [0.05, 0.1) is 6.04 Å². The molecule has 2 fully saturated rings. The summed E-state index contributed by atoms with van der Waals surface area (Å²) < 4.78 is 0. The minimum Gasteiger partial charge on any atom is -0.355 e. The average molecular weight is 256 g/mol. The fourth-order valence-corrected chi connectivity index (χ4v) is 3.85. The van der Waals surface area contributed by atoms with Crippen molar-refractivity contribution in [1.29, 1.82) is 0 Å². The van der Waals surface area contributed by atoms with Crippen LogP contribution in [0, 0.1) is 11.8 Å².